The standard InChI is InChI=1S/C15H18N4O/c1-10-5-3-6-11(2)13(10)19-9-16-14(18-15(19)20)17-12-7-4-8-12/h3,5-6,9,12H,4,7-8H2,1-2H3,(H,17,18,20). The molecule has 1 saturated carbocycles. The van der Waals surface area contributed by atoms with E-state index >= 15 is 0 Å². The summed E-state index contributed by atoms with van der Waals surface area (Å²) in [4.78, 5) is 20.5. The number of para-hydroxylation sites is 1. The second kappa shape index (κ2) is 5.07. The highest BCUT2D eigenvalue weighted by molar-refractivity contribution is 5.46. The number of hydrogen-bond donors (Lipinski definition) is 1. The monoisotopic (exact) mass is 270 g/mol. The molecule has 20 heavy (non-hydrogen) atoms. The molecule has 5 heteroatoms. The van der Waals surface area contributed by atoms with Gasteiger partial charge in [0.15, 0.2) is 0 Å². The van der Waals surface area contributed by atoms with Crippen LogP contribution >= 0.6 is 0 Å². The van der Waals surface area contributed by atoms with E-state index in [0.29, 0.717) is 12.0 Å². The van der Waals surface area contributed by atoms with Crippen LogP contribution in [0.3, 0.4) is 0 Å². The molecule has 2 aromatic rings. The van der Waals surface area contributed by atoms with E-state index in [9.17, 15) is 4.79 Å². The Bertz CT molecular complexity index is 668. The minimum atomic E-state index is -0.292. The quantitative estimate of drug-likeness (QED) is 0.929. The molecule has 0 unspecified atom stereocenters. The Labute approximate surface area is 117 Å². The summed E-state index contributed by atoms with van der Waals surface area (Å²) in [6, 6.07) is 6.36. The molecule has 1 aromatic heterocycles. The van der Waals surface area contributed by atoms with Crippen LogP contribution in [0.15, 0.2) is 29.3 Å². The first kappa shape index (κ1) is 12.8. The Kier molecular flexibility index (Phi) is 3.26. The lowest BCUT2D eigenvalue weighted by atomic mass is 9.93. The fourth-order valence-corrected chi connectivity index (χ4v) is 2.48. The molecule has 0 aliphatic heterocycles. The smallest absolute Gasteiger partial charge is 0.351 e. The summed E-state index contributed by atoms with van der Waals surface area (Å²) in [7, 11) is 0. The zero-order valence-electron chi connectivity index (χ0n) is 11.8. The molecule has 0 bridgehead atoms. The van der Waals surface area contributed by atoms with E-state index in [1.54, 1.807) is 6.33 Å². The number of nitrogens with zero attached hydrogens (tertiary/aromatic N) is 3. The van der Waals surface area contributed by atoms with Gasteiger partial charge in [0.2, 0.25) is 5.95 Å². The average Bonchev–Trinajstić information content (AvgIpc) is 2.36. The molecule has 1 heterocycles. The van der Waals surface area contributed by atoms with Crippen molar-refractivity contribution in [1.82, 2.24) is 14.5 Å². The van der Waals surface area contributed by atoms with E-state index in [0.717, 1.165) is 29.7 Å². The average molecular weight is 270 g/mol. The first-order chi connectivity index (χ1) is 9.65. The predicted octanol–water partition coefficient (Wildman–Crippen LogP) is 2.21. The van der Waals surface area contributed by atoms with Gasteiger partial charge < -0.3 is 5.32 Å². The molecule has 0 atom stereocenters. The summed E-state index contributed by atoms with van der Waals surface area (Å²) in [5, 5.41) is 3.19. The van der Waals surface area contributed by atoms with Crippen LogP contribution in [0, 0.1) is 13.8 Å². The van der Waals surface area contributed by atoms with Crippen LogP contribution in [0.25, 0.3) is 5.69 Å². The van der Waals surface area contributed by atoms with Gasteiger partial charge in [-0.05, 0) is 44.2 Å². The van der Waals surface area contributed by atoms with Gasteiger partial charge in [0, 0.05) is 6.04 Å². The SMILES string of the molecule is Cc1cccc(C)c1-n1cnc(NC2CCC2)nc1=O. The Morgan fingerprint density at radius 2 is 1.95 bits per heavy atom. The summed E-state index contributed by atoms with van der Waals surface area (Å²) in [6.45, 7) is 3.96. The highest BCUT2D eigenvalue weighted by Crippen LogP contribution is 2.21. The minimum absolute atomic E-state index is 0.292. The molecular formula is C15H18N4O. The summed E-state index contributed by atoms with van der Waals surface area (Å²) in [5.74, 6) is 0.433. The van der Waals surface area contributed by atoms with Crippen LogP contribution in [-0.4, -0.2) is 20.6 Å². The first-order valence-corrected chi connectivity index (χ1v) is 6.94. The molecule has 0 radical (unpaired) electrons. The van der Waals surface area contributed by atoms with Crippen molar-refractivity contribution in [2.75, 3.05) is 5.32 Å². The lowest BCUT2D eigenvalue weighted by Gasteiger charge is -2.26. The third-order valence-corrected chi connectivity index (χ3v) is 3.82. The van der Waals surface area contributed by atoms with Gasteiger partial charge in [0.25, 0.3) is 0 Å². The van der Waals surface area contributed by atoms with Gasteiger partial charge in [-0.1, -0.05) is 18.2 Å². The zero-order chi connectivity index (χ0) is 14.1. The van der Waals surface area contributed by atoms with Crippen LogP contribution in [0.4, 0.5) is 5.95 Å². The van der Waals surface area contributed by atoms with E-state index in [1.165, 1.54) is 11.0 Å². The Morgan fingerprint density at radius 1 is 1.25 bits per heavy atom. The van der Waals surface area contributed by atoms with Crippen molar-refractivity contribution in [3.63, 3.8) is 0 Å². The second-order valence-corrected chi connectivity index (χ2v) is 5.35. The Morgan fingerprint density at radius 3 is 2.50 bits per heavy atom. The maximum atomic E-state index is 12.2. The fourth-order valence-electron chi connectivity index (χ4n) is 2.48. The maximum Gasteiger partial charge on any atom is 0.356 e. The van der Waals surface area contributed by atoms with Crippen LogP contribution in [0.1, 0.15) is 30.4 Å². The van der Waals surface area contributed by atoms with Gasteiger partial charge in [0.1, 0.15) is 6.33 Å². The molecule has 1 fully saturated rings. The molecule has 0 spiro atoms. The maximum absolute atomic E-state index is 12.2. The summed E-state index contributed by atoms with van der Waals surface area (Å²) >= 11 is 0. The molecule has 0 amide bonds. The van der Waals surface area contributed by atoms with E-state index in [4.69, 9.17) is 0 Å². The molecule has 0 saturated heterocycles. The van der Waals surface area contributed by atoms with Crippen LogP contribution in [0.5, 0.6) is 0 Å². The molecule has 5 nitrogen and oxygen atoms in total. The lowest BCUT2D eigenvalue weighted by Crippen LogP contribution is -2.31. The van der Waals surface area contributed by atoms with Crippen LogP contribution < -0.4 is 11.0 Å². The normalized spacial score (nSPS) is 14.9. The number of rotatable bonds is 3. The van der Waals surface area contributed by atoms with Gasteiger partial charge in [-0.3, -0.25) is 4.57 Å². The fraction of sp³-hybridized carbons (Fsp3) is 0.400. The Balaban J connectivity index is 1.96. The van der Waals surface area contributed by atoms with E-state index < -0.39 is 0 Å². The third kappa shape index (κ3) is 2.31. The minimum Gasteiger partial charge on any atom is -0.351 e. The number of nitrogens with one attached hydrogen (secondary N) is 1. The first-order valence-electron chi connectivity index (χ1n) is 6.94. The number of hydrogen-bond acceptors (Lipinski definition) is 4. The van der Waals surface area contributed by atoms with Gasteiger partial charge in [0.05, 0.1) is 5.69 Å². The van der Waals surface area contributed by atoms with Crippen LogP contribution in [0.2, 0.25) is 0 Å². The van der Waals surface area contributed by atoms with E-state index in [2.05, 4.69) is 15.3 Å². The molecule has 3 rings (SSSR count). The Hall–Kier alpha value is -2.17. The van der Waals surface area contributed by atoms with Crippen molar-refractivity contribution in [1.29, 1.82) is 0 Å². The van der Waals surface area contributed by atoms with E-state index in [-0.39, 0.29) is 5.69 Å². The second-order valence-electron chi connectivity index (χ2n) is 5.35. The topological polar surface area (TPSA) is 59.8 Å². The number of aryl methyl sites for hydroxylation is 2. The largest absolute Gasteiger partial charge is 0.356 e. The highest BCUT2D eigenvalue weighted by Gasteiger charge is 2.18. The van der Waals surface area contributed by atoms with Crippen molar-refractivity contribution in [3.8, 4) is 5.69 Å². The molecular weight excluding hydrogens is 252 g/mol. The summed E-state index contributed by atoms with van der Waals surface area (Å²) < 4.78 is 1.51. The summed E-state index contributed by atoms with van der Waals surface area (Å²) in [6.07, 6.45) is 5.05. The van der Waals surface area contributed by atoms with Crippen LogP contribution in [-0.2, 0) is 0 Å². The molecule has 104 valence electrons. The van der Waals surface area contributed by atoms with Gasteiger partial charge in [-0.25, -0.2) is 9.78 Å². The molecule has 1 aromatic carbocycles. The van der Waals surface area contributed by atoms with Crippen molar-refractivity contribution in [2.45, 2.75) is 39.2 Å². The van der Waals surface area contributed by atoms with Gasteiger partial charge in [-0.2, -0.15) is 4.98 Å². The number of benzene rings is 1. The predicted molar refractivity (Wildman–Crippen MR) is 78.4 cm³/mol. The molecule has 1 N–H and O–H groups in total. The van der Waals surface area contributed by atoms with Crippen molar-refractivity contribution in [2.24, 2.45) is 0 Å². The summed E-state index contributed by atoms with van der Waals surface area (Å²) in [5.41, 5.74) is 2.65. The van der Waals surface area contributed by atoms with E-state index in [1.807, 2.05) is 32.0 Å². The van der Waals surface area contributed by atoms with Crippen molar-refractivity contribution >= 4 is 5.95 Å². The lowest BCUT2D eigenvalue weighted by molar-refractivity contribution is 0.442. The molecule has 1 aliphatic rings. The van der Waals surface area contributed by atoms with Gasteiger partial charge >= 0.3 is 5.69 Å². The third-order valence-electron chi connectivity index (χ3n) is 3.82. The highest BCUT2D eigenvalue weighted by atomic mass is 16.1. The van der Waals surface area contributed by atoms with Crippen molar-refractivity contribution in [3.05, 3.63) is 46.1 Å². The zero-order valence-corrected chi connectivity index (χ0v) is 11.8. The number of anilines is 1. The van der Waals surface area contributed by atoms with Gasteiger partial charge in [-0.15, -0.1) is 0 Å². The molecule has 1 aliphatic carbocycles. The number of aromatic nitrogens is 3. The van der Waals surface area contributed by atoms with Crippen molar-refractivity contribution < 1.29 is 0 Å².